The van der Waals surface area contributed by atoms with Crippen molar-refractivity contribution in [3.05, 3.63) is 101 Å². The Bertz CT molecular complexity index is 1610. The molecule has 1 aromatic heterocycles. The van der Waals surface area contributed by atoms with Gasteiger partial charge in [0.25, 0.3) is 10.1 Å². The van der Waals surface area contributed by atoms with E-state index in [1.54, 1.807) is 23.2 Å². The van der Waals surface area contributed by atoms with Gasteiger partial charge in [0.05, 0.1) is 35.8 Å². The van der Waals surface area contributed by atoms with Crippen LogP contribution < -0.4 is 15.1 Å². The maximum absolute atomic E-state index is 14.1. The molecule has 0 spiro atoms. The molecule has 5 rings (SSSR count). The van der Waals surface area contributed by atoms with Gasteiger partial charge in [-0.25, -0.2) is 14.7 Å². The van der Waals surface area contributed by atoms with Crippen LogP contribution in [-0.2, 0) is 27.3 Å². The van der Waals surface area contributed by atoms with E-state index in [9.17, 15) is 13.2 Å². The van der Waals surface area contributed by atoms with Crippen molar-refractivity contribution < 1.29 is 17.4 Å². The van der Waals surface area contributed by atoms with Gasteiger partial charge in [-0.05, 0) is 54.8 Å². The Morgan fingerprint density at radius 1 is 1.05 bits per heavy atom. The number of nitrogens with one attached hydrogen (secondary N) is 1. The zero-order valence-electron chi connectivity index (χ0n) is 21.3. The van der Waals surface area contributed by atoms with Gasteiger partial charge in [-0.2, -0.15) is 13.4 Å². The van der Waals surface area contributed by atoms with Crippen LogP contribution in [0.25, 0.3) is 0 Å². The van der Waals surface area contributed by atoms with Gasteiger partial charge < -0.3 is 5.32 Å². The van der Waals surface area contributed by atoms with Crippen LogP contribution in [0.3, 0.4) is 0 Å². The quantitative estimate of drug-likeness (QED) is 0.263. The van der Waals surface area contributed by atoms with E-state index in [-0.39, 0.29) is 19.2 Å². The third-order valence-electron chi connectivity index (χ3n) is 6.15. The molecular formula is C28H26ClN5O4S. The Kier molecular flexibility index (Phi) is 7.51. The summed E-state index contributed by atoms with van der Waals surface area (Å²) < 4.78 is 27.7. The Balaban J connectivity index is 1.56. The fourth-order valence-electron chi connectivity index (χ4n) is 4.40. The van der Waals surface area contributed by atoms with Crippen molar-refractivity contribution in [1.29, 1.82) is 0 Å². The number of anilines is 5. The van der Waals surface area contributed by atoms with Crippen molar-refractivity contribution in [2.75, 3.05) is 28.0 Å². The van der Waals surface area contributed by atoms with Crippen molar-refractivity contribution in [2.45, 2.75) is 19.9 Å². The number of hydrogen-bond donors (Lipinski definition) is 1. The van der Waals surface area contributed by atoms with Crippen molar-refractivity contribution in [2.24, 2.45) is 0 Å². The molecule has 4 aromatic rings. The molecule has 200 valence electrons. The smallest absolute Gasteiger partial charge is 0.324 e. The molecule has 0 saturated heterocycles. The molecular weight excluding hydrogens is 538 g/mol. The molecule has 0 bridgehead atoms. The monoisotopic (exact) mass is 563 g/mol. The first-order valence-corrected chi connectivity index (χ1v) is 14.4. The molecule has 1 aliphatic rings. The fraction of sp³-hybridized carbons (Fsp3) is 0.179. The van der Waals surface area contributed by atoms with E-state index in [1.165, 1.54) is 4.90 Å². The summed E-state index contributed by atoms with van der Waals surface area (Å²) in [5, 5.41) is 3.65. The van der Waals surface area contributed by atoms with Crippen molar-refractivity contribution in [3.8, 4) is 0 Å². The summed E-state index contributed by atoms with van der Waals surface area (Å²) in [6.07, 6.45) is 3.06. The summed E-state index contributed by atoms with van der Waals surface area (Å²) in [5.74, 6) is 0.789. The third kappa shape index (κ3) is 6.03. The molecule has 9 nitrogen and oxygen atoms in total. The van der Waals surface area contributed by atoms with E-state index < -0.39 is 10.1 Å². The number of aryl methyl sites for hydroxylation is 1. The third-order valence-corrected chi connectivity index (χ3v) is 7.05. The van der Waals surface area contributed by atoms with Crippen molar-refractivity contribution in [1.82, 2.24) is 9.97 Å². The largest absolute Gasteiger partial charge is 0.335 e. The van der Waals surface area contributed by atoms with E-state index in [1.807, 2.05) is 67.6 Å². The predicted octanol–water partition coefficient (Wildman–Crippen LogP) is 5.98. The minimum Gasteiger partial charge on any atom is -0.324 e. The second-order valence-electron chi connectivity index (χ2n) is 9.09. The first-order valence-electron chi connectivity index (χ1n) is 12.2. The lowest BCUT2D eigenvalue weighted by molar-refractivity contribution is 0.252. The topological polar surface area (TPSA) is 105 Å². The van der Waals surface area contributed by atoms with E-state index in [2.05, 4.69) is 10.3 Å². The average molecular weight is 564 g/mol. The molecule has 1 N–H and O–H groups in total. The zero-order chi connectivity index (χ0) is 27.6. The number of urea groups is 1. The van der Waals surface area contributed by atoms with Gasteiger partial charge in [0.15, 0.2) is 5.82 Å². The second-order valence-corrected chi connectivity index (χ2v) is 11.1. The molecule has 1 aliphatic heterocycles. The highest BCUT2D eigenvalue weighted by Crippen LogP contribution is 2.39. The van der Waals surface area contributed by atoms with Crippen LogP contribution in [-0.4, -0.2) is 37.3 Å². The van der Waals surface area contributed by atoms with Gasteiger partial charge in [-0.1, -0.05) is 54.1 Å². The SMILES string of the molecule is Cc1cccc(Cl)c1N1Cc2cnc(Nc3ccccc3)nc2N(c2cccc(CCOS(C)(=O)=O)c2)C1=O. The van der Waals surface area contributed by atoms with Gasteiger partial charge in [0.1, 0.15) is 0 Å². The highest BCUT2D eigenvalue weighted by molar-refractivity contribution is 7.85. The summed E-state index contributed by atoms with van der Waals surface area (Å²) in [6.45, 7) is 2.13. The molecule has 0 saturated carbocycles. The molecule has 0 unspecified atom stereocenters. The minimum atomic E-state index is -3.56. The molecule has 0 aliphatic carbocycles. The number of carbonyl (C=O) groups excluding carboxylic acids is 1. The molecule has 0 fully saturated rings. The van der Waals surface area contributed by atoms with Crippen LogP contribution in [0.1, 0.15) is 16.7 Å². The van der Waals surface area contributed by atoms with Crippen LogP contribution in [0.4, 0.5) is 33.6 Å². The number of nitrogens with zero attached hydrogens (tertiary/aromatic N) is 4. The first kappa shape index (κ1) is 26.6. The number of halogens is 1. The second kappa shape index (κ2) is 11.0. The summed E-state index contributed by atoms with van der Waals surface area (Å²) in [5.41, 5.74) is 4.38. The Labute approximate surface area is 232 Å². The normalized spacial score (nSPS) is 13.4. The van der Waals surface area contributed by atoms with Gasteiger partial charge in [-0.3, -0.25) is 9.08 Å². The Morgan fingerprint density at radius 3 is 2.56 bits per heavy atom. The lowest BCUT2D eigenvalue weighted by Gasteiger charge is -2.37. The molecule has 2 heterocycles. The number of aromatic nitrogens is 2. The highest BCUT2D eigenvalue weighted by atomic mass is 35.5. The molecule has 2 amide bonds. The van der Waals surface area contributed by atoms with Crippen LogP contribution in [0, 0.1) is 6.92 Å². The number of hydrogen-bond acceptors (Lipinski definition) is 7. The Morgan fingerprint density at radius 2 is 1.82 bits per heavy atom. The number of para-hydroxylation sites is 2. The lowest BCUT2D eigenvalue weighted by Crippen LogP contribution is -2.46. The predicted molar refractivity (Wildman–Crippen MR) is 153 cm³/mol. The van der Waals surface area contributed by atoms with Crippen LogP contribution in [0.5, 0.6) is 0 Å². The first-order chi connectivity index (χ1) is 18.7. The number of amides is 2. The van der Waals surface area contributed by atoms with E-state index in [0.717, 1.165) is 28.6 Å². The number of rotatable bonds is 8. The zero-order valence-corrected chi connectivity index (χ0v) is 22.9. The van der Waals surface area contributed by atoms with Gasteiger partial charge in [0.2, 0.25) is 5.95 Å². The average Bonchev–Trinajstić information content (AvgIpc) is 2.89. The summed E-state index contributed by atoms with van der Waals surface area (Å²) >= 11 is 6.57. The number of benzene rings is 3. The van der Waals surface area contributed by atoms with Crippen LogP contribution in [0.2, 0.25) is 5.02 Å². The lowest BCUT2D eigenvalue weighted by atomic mass is 10.1. The van der Waals surface area contributed by atoms with Crippen molar-refractivity contribution >= 4 is 56.6 Å². The van der Waals surface area contributed by atoms with Crippen LogP contribution >= 0.6 is 11.6 Å². The van der Waals surface area contributed by atoms with E-state index >= 15 is 0 Å². The van der Waals surface area contributed by atoms with Gasteiger partial charge >= 0.3 is 6.03 Å². The molecule has 39 heavy (non-hydrogen) atoms. The molecule has 3 aromatic carbocycles. The molecule has 11 heteroatoms. The maximum atomic E-state index is 14.1. The van der Waals surface area contributed by atoms with E-state index in [4.69, 9.17) is 20.8 Å². The molecule has 0 atom stereocenters. The summed E-state index contributed by atoms with van der Waals surface area (Å²) in [4.78, 5) is 26.5. The van der Waals surface area contributed by atoms with E-state index in [0.29, 0.717) is 34.6 Å². The number of fused-ring (bicyclic) bond motifs is 1. The van der Waals surface area contributed by atoms with Gasteiger partial charge in [-0.15, -0.1) is 0 Å². The highest BCUT2D eigenvalue weighted by Gasteiger charge is 2.36. The summed E-state index contributed by atoms with van der Waals surface area (Å²) in [6, 6.07) is 22.0. The standard InChI is InChI=1S/C28H26ClN5O4S/c1-19-8-6-13-24(29)25(19)33-18-21-17-30-27(31-22-10-4-3-5-11-22)32-26(21)34(28(33)35)23-12-7-9-20(16-23)14-15-38-39(2,36)37/h3-13,16-17H,14-15,18H2,1-2H3,(H,30,31,32). The van der Waals surface area contributed by atoms with Gasteiger partial charge in [0, 0.05) is 17.4 Å². The fourth-order valence-corrected chi connectivity index (χ4v) is 5.11. The van der Waals surface area contributed by atoms with Crippen molar-refractivity contribution in [3.63, 3.8) is 0 Å². The molecule has 0 radical (unpaired) electrons. The minimum absolute atomic E-state index is 0.00885. The maximum Gasteiger partial charge on any atom is 0.335 e. The Hall–Kier alpha value is -3.99. The number of carbonyl (C=O) groups is 1. The van der Waals surface area contributed by atoms with Crippen LogP contribution in [0.15, 0.2) is 79.0 Å². The summed E-state index contributed by atoms with van der Waals surface area (Å²) in [7, 11) is -3.56.